The second kappa shape index (κ2) is 11.2. The molecular weight excluding hydrogens is 437 g/mol. The zero-order valence-electron chi connectivity index (χ0n) is 19.6. The van der Waals surface area contributed by atoms with E-state index >= 15 is 0 Å². The van der Waals surface area contributed by atoms with Crippen LogP contribution >= 0.6 is 0 Å². The van der Waals surface area contributed by atoms with Crippen molar-refractivity contribution in [1.82, 2.24) is 10.4 Å². The number of hydroxylamine groups is 1. The van der Waals surface area contributed by atoms with Gasteiger partial charge in [0.2, 0.25) is 17.7 Å². The van der Waals surface area contributed by atoms with Gasteiger partial charge in [0.1, 0.15) is 11.9 Å². The summed E-state index contributed by atoms with van der Waals surface area (Å²) in [5.41, 5.74) is 2.26. The molecule has 1 fully saturated rings. The molecule has 2 aromatic rings. The maximum Gasteiger partial charge on any atom is 0.247 e. The predicted octanol–water partition coefficient (Wildman–Crippen LogP) is 3.93. The largest absolute Gasteiger partial charge is 0.330 e. The maximum absolute atomic E-state index is 13.7. The molecule has 2 atom stereocenters. The third kappa shape index (κ3) is 5.99. The van der Waals surface area contributed by atoms with Gasteiger partial charge in [-0.15, -0.1) is 0 Å². The van der Waals surface area contributed by atoms with Crippen molar-refractivity contribution in [3.63, 3.8) is 0 Å². The highest BCUT2D eigenvalue weighted by Crippen LogP contribution is 2.42. The van der Waals surface area contributed by atoms with Crippen LogP contribution in [0.25, 0.3) is 0 Å². The van der Waals surface area contributed by atoms with Crippen molar-refractivity contribution in [3.05, 3.63) is 66.0 Å². The van der Waals surface area contributed by atoms with Crippen molar-refractivity contribution in [1.29, 1.82) is 0 Å². The number of benzene rings is 2. The lowest BCUT2D eigenvalue weighted by molar-refractivity contribution is -0.146. The molecule has 182 valence electrons. The van der Waals surface area contributed by atoms with Crippen molar-refractivity contribution < 1.29 is 24.0 Å². The van der Waals surface area contributed by atoms with Crippen LogP contribution in [0.3, 0.4) is 0 Å². The van der Waals surface area contributed by atoms with Gasteiger partial charge in [0.25, 0.3) is 0 Å². The van der Waals surface area contributed by atoms with Gasteiger partial charge in [-0.2, -0.15) is 0 Å². The molecule has 0 spiro atoms. The van der Waals surface area contributed by atoms with Crippen LogP contribution in [0.15, 0.2) is 54.6 Å². The van der Waals surface area contributed by atoms with Gasteiger partial charge in [0.05, 0.1) is 5.41 Å². The van der Waals surface area contributed by atoms with Crippen LogP contribution in [0.5, 0.6) is 0 Å². The summed E-state index contributed by atoms with van der Waals surface area (Å²) < 4.78 is 13.2. The Bertz CT molecular complexity index is 997. The summed E-state index contributed by atoms with van der Waals surface area (Å²) in [7, 11) is 0. The van der Waals surface area contributed by atoms with Crippen molar-refractivity contribution in [3.8, 4) is 0 Å². The van der Waals surface area contributed by atoms with Gasteiger partial charge in [-0.1, -0.05) is 44.2 Å². The average Bonchev–Trinajstić information content (AvgIpc) is 3.11. The Morgan fingerprint density at radius 3 is 2.41 bits per heavy atom. The number of hydrogen-bond acceptors (Lipinski definition) is 4. The van der Waals surface area contributed by atoms with E-state index in [1.165, 1.54) is 24.3 Å². The van der Waals surface area contributed by atoms with Gasteiger partial charge in [0.15, 0.2) is 0 Å². The lowest BCUT2D eigenvalue weighted by atomic mass is 9.77. The molecule has 0 unspecified atom stereocenters. The fourth-order valence-electron chi connectivity index (χ4n) is 4.77. The molecule has 7 nitrogen and oxygen atoms in total. The van der Waals surface area contributed by atoms with Gasteiger partial charge in [-0.05, 0) is 61.4 Å². The first-order chi connectivity index (χ1) is 16.3. The fraction of sp³-hybridized carbons (Fsp3) is 0.423. The minimum atomic E-state index is -0.981. The molecule has 1 aliphatic heterocycles. The number of likely N-dealkylation sites (tertiary alicyclic amines) is 1. The molecule has 1 saturated heterocycles. The number of hydrogen-bond donors (Lipinski definition) is 3. The van der Waals surface area contributed by atoms with Gasteiger partial charge >= 0.3 is 0 Å². The van der Waals surface area contributed by atoms with Crippen LogP contribution in [0.1, 0.15) is 45.1 Å². The molecule has 0 aromatic heterocycles. The first-order valence-electron chi connectivity index (χ1n) is 11.6. The average molecular weight is 470 g/mol. The highest BCUT2D eigenvalue weighted by atomic mass is 19.1. The Hall–Kier alpha value is -3.26. The normalized spacial score (nSPS) is 18.7. The van der Waals surface area contributed by atoms with Crippen molar-refractivity contribution in [2.24, 2.45) is 11.3 Å². The van der Waals surface area contributed by atoms with Crippen LogP contribution in [0, 0.1) is 17.2 Å². The summed E-state index contributed by atoms with van der Waals surface area (Å²) in [4.78, 5) is 40.5. The molecule has 34 heavy (non-hydrogen) atoms. The van der Waals surface area contributed by atoms with E-state index in [0.717, 1.165) is 12.0 Å². The Balaban J connectivity index is 1.77. The molecule has 0 saturated carbocycles. The van der Waals surface area contributed by atoms with E-state index in [9.17, 15) is 18.8 Å². The molecule has 1 aliphatic rings. The van der Waals surface area contributed by atoms with Gasteiger partial charge in [-0.25, -0.2) is 9.87 Å². The molecular formula is C26H32FN3O4. The van der Waals surface area contributed by atoms with E-state index in [2.05, 4.69) is 5.32 Å². The predicted molar refractivity (Wildman–Crippen MR) is 126 cm³/mol. The first kappa shape index (κ1) is 25.4. The molecule has 2 aromatic carbocycles. The highest BCUT2D eigenvalue weighted by molar-refractivity contribution is 5.99. The second-order valence-electron chi connectivity index (χ2n) is 9.26. The van der Waals surface area contributed by atoms with Crippen molar-refractivity contribution in [2.75, 3.05) is 11.9 Å². The van der Waals surface area contributed by atoms with E-state index in [0.29, 0.717) is 31.5 Å². The summed E-state index contributed by atoms with van der Waals surface area (Å²) in [6, 6.07) is 14.6. The summed E-state index contributed by atoms with van der Waals surface area (Å²) >= 11 is 0. The SMILES string of the molecule is CC(C)[C@H](C(=O)Nc1ccc(F)cc1)N1CC[C@@](CCCc2ccccc2)(CC(=O)NO)C1=O. The molecule has 0 radical (unpaired) electrons. The monoisotopic (exact) mass is 469 g/mol. The third-order valence-corrected chi connectivity index (χ3v) is 6.48. The van der Waals surface area contributed by atoms with Crippen LogP contribution in [0.4, 0.5) is 10.1 Å². The van der Waals surface area contributed by atoms with Gasteiger partial charge < -0.3 is 10.2 Å². The van der Waals surface area contributed by atoms with E-state index in [1.54, 1.807) is 10.4 Å². The minimum Gasteiger partial charge on any atom is -0.330 e. The smallest absolute Gasteiger partial charge is 0.247 e. The quantitative estimate of drug-likeness (QED) is 0.363. The summed E-state index contributed by atoms with van der Waals surface area (Å²) in [6.07, 6.45) is 2.19. The molecule has 1 heterocycles. The summed E-state index contributed by atoms with van der Waals surface area (Å²) in [5, 5.41) is 11.9. The van der Waals surface area contributed by atoms with Crippen LogP contribution in [-0.4, -0.2) is 40.4 Å². The van der Waals surface area contributed by atoms with E-state index < -0.39 is 23.2 Å². The molecule has 3 amide bonds. The molecule has 3 N–H and O–H groups in total. The van der Waals surface area contributed by atoms with Crippen molar-refractivity contribution >= 4 is 23.4 Å². The Morgan fingerprint density at radius 1 is 1.12 bits per heavy atom. The van der Waals surface area contributed by atoms with Gasteiger partial charge in [-0.3, -0.25) is 19.6 Å². The van der Waals surface area contributed by atoms with E-state index in [1.807, 2.05) is 44.2 Å². The number of nitrogens with one attached hydrogen (secondary N) is 2. The lowest BCUT2D eigenvalue weighted by Crippen LogP contribution is -2.50. The van der Waals surface area contributed by atoms with Crippen LogP contribution < -0.4 is 10.8 Å². The summed E-state index contributed by atoms with van der Waals surface area (Å²) in [6.45, 7) is 4.05. The maximum atomic E-state index is 13.7. The Kier molecular flexibility index (Phi) is 8.39. The second-order valence-corrected chi connectivity index (χ2v) is 9.26. The van der Waals surface area contributed by atoms with Crippen molar-refractivity contribution in [2.45, 2.75) is 52.0 Å². The number of amides is 3. The molecule has 3 rings (SSSR count). The number of aryl methyl sites for hydroxylation is 1. The van der Waals surface area contributed by atoms with Gasteiger partial charge in [0, 0.05) is 18.7 Å². The summed E-state index contributed by atoms with van der Waals surface area (Å²) in [5.74, 6) is -1.82. The lowest BCUT2D eigenvalue weighted by Gasteiger charge is -2.33. The minimum absolute atomic E-state index is 0.141. The number of carbonyl (C=O) groups is 3. The first-order valence-corrected chi connectivity index (χ1v) is 11.6. The molecule has 0 aliphatic carbocycles. The van der Waals surface area contributed by atoms with Crippen LogP contribution in [-0.2, 0) is 20.8 Å². The van der Waals surface area contributed by atoms with E-state index in [-0.39, 0.29) is 24.2 Å². The van der Waals surface area contributed by atoms with E-state index in [4.69, 9.17) is 5.21 Å². The number of halogens is 1. The molecule has 8 heteroatoms. The topological polar surface area (TPSA) is 98.7 Å². The fourth-order valence-corrected chi connectivity index (χ4v) is 4.77. The highest BCUT2D eigenvalue weighted by Gasteiger charge is 2.50. The van der Waals surface area contributed by atoms with Crippen LogP contribution in [0.2, 0.25) is 0 Å². The zero-order valence-corrected chi connectivity index (χ0v) is 19.6. The number of carbonyl (C=O) groups excluding carboxylic acids is 3. The molecule has 0 bridgehead atoms. The Morgan fingerprint density at radius 2 is 1.79 bits per heavy atom. The number of nitrogens with zero attached hydrogens (tertiary/aromatic N) is 1. The standard InChI is InChI=1S/C26H32FN3O4/c1-18(2)23(24(32)28-21-12-10-20(27)11-13-21)30-16-15-26(25(30)33,17-22(31)29-34)14-6-9-19-7-4-3-5-8-19/h3-5,7-8,10-13,18,23,34H,6,9,14-17H2,1-2H3,(H,28,32)(H,29,31)/t23-,26+/m1/s1. The zero-order chi connectivity index (χ0) is 24.7. The third-order valence-electron chi connectivity index (χ3n) is 6.48. The Labute approximate surface area is 199 Å². The number of anilines is 1. The number of rotatable bonds is 10.